The zero-order valence-electron chi connectivity index (χ0n) is 10.1. The summed E-state index contributed by atoms with van der Waals surface area (Å²) >= 11 is 0. The molecule has 0 amide bonds. The maximum Gasteiger partial charge on any atom is 1.00 e. The average Bonchev–Trinajstić information content (AvgIpc) is 2.20. The van der Waals surface area contributed by atoms with Gasteiger partial charge in [-0.1, -0.05) is 54.6 Å². The van der Waals surface area contributed by atoms with Gasteiger partial charge in [-0.2, -0.15) is 0 Å². The molecule has 0 unspecified atom stereocenters. The Balaban J connectivity index is -0.000000196. The van der Waals surface area contributed by atoms with Crippen LogP contribution in [0.3, 0.4) is 0 Å². The summed E-state index contributed by atoms with van der Waals surface area (Å²) in [7, 11) is 0. The number of para-hydroxylation sites is 1. The molecule has 18 heavy (non-hydrogen) atoms. The molecular formula is C12H17NaO5. The Bertz CT molecular complexity index is 408. The minimum absolute atomic E-state index is 0. The maximum atomic E-state index is 11.4. The molecule has 0 aliphatic carbocycles. The van der Waals surface area contributed by atoms with E-state index >= 15 is 0 Å². The molecule has 0 aliphatic heterocycles. The number of rotatable bonds is 1. The molecule has 0 fully saturated rings. The first-order valence-electron chi connectivity index (χ1n) is 4.19. The van der Waals surface area contributed by atoms with Crippen molar-refractivity contribution < 1.29 is 56.6 Å². The quantitative estimate of drug-likeness (QED) is 0.476. The summed E-state index contributed by atoms with van der Waals surface area (Å²) in [6.07, 6.45) is 0. The molecule has 2 aromatic carbocycles. The summed E-state index contributed by atoms with van der Waals surface area (Å²) in [5, 5.41) is 11.4. The van der Waals surface area contributed by atoms with E-state index in [1.54, 1.807) is 12.1 Å². The van der Waals surface area contributed by atoms with E-state index in [0.717, 1.165) is 11.1 Å². The Labute approximate surface area is 128 Å². The summed E-state index contributed by atoms with van der Waals surface area (Å²) in [6.45, 7) is 0. The first-order valence-corrected chi connectivity index (χ1v) is 4.19. The van der Waals surface area contributed by atoms with Gasteiger partial charge in [0.05, 0.1) is 0 Å². The first kappa shape index (κ1) is 25.8. The summed E-state index contributed by atoms with van der Waals surface area (Å²) in [5.41, 5.74) is 1.75. The van der Waals surface area contributed by atoms with Crippen LogP contribution in [-0.4, -0.2) is 21.9 Å². The van der Waals surface area contributed by atoms with Crippen LogP contribution in [0.5, 0.6) is 5.75 Å². The van der Waals surface area contributed by atoms with Crippen LogP contribution in [0.1, 0.15) is 0 Å². The summed E-state index contributed by atoms with van der Waals surface area (Å²) in [4.78, 5) is 0. The third-order valence-electron chi connectivity index (χ3n) is 1.97. The van der Waals surface area contributed by atoms with Crippen LogP contribution in [0.4, 0.5) is 0 Å². The predicted molar refractivity (Wildman–Crippen MR) is 65.8 cm³/mol. The molecule has 0 heterocycles. The van der Waals surface area contributed by atoms with Gasteiger partial charge < -0.3 is 27.0 Å². The third-order valence-corrected chi connectivity index (χ3v) is 1.97. The minimum atomic E-state index is 0. The van der Waals surface area contributed by atoms with E-state index in [9.17, 15) is 5.11 Å². The van der Waals surface area contributed by atoms with Crippen molar-refractivity contribution in [3.05, 3.63) is 54.6 Å². The molecule has 0 saturated carbocycles. The molecule has 0 radical (unpaired) electrons. The maximum absolute atomic E-state index is 11.4. The van der Waals surface area contributed by atoms with Gasteiger partial charge >= 0.3 is 29.6 Å². The molecular weight excluding hydrogens is 247 g/mol. The molecule has 0 atom stereocenters. The standard InChI is InChI=1S/C12H10O.Na.4H2O/c13-12-9-5-4-8-11(12)10-6-2-1-3-7-10;;;;;/h1-9,13H;;4*1H2/q;+1;;;;/p-1. The molecule has 2 aromatic rings. The summed E-state index contributed by atoms with van der Waals surface area (Å²) in [5.74, 6) is 0.0775. The van der Waals surface area contributed by atoms with E-state index in [1.807, 2.05) is 42.5 Å². The molecule has 6 heteroatoms. The van der Waals surface area contributed by atoms with Crippen molar-refractivity contribution in [2.24, 2.45) is 0 Å². The second-order valence-corrected chi connectivity index (χ2v) is 2.86. The largest absolute Gasteiger partial charge is 1.00 e. The van der Waals surface area contributed by atoms with Crippen molar-refractivity contribution in [1.82, 2.24) is 0 Å². The van der Waals surface area contributed by atoms with Crippen LogP contribution in [0.15, 0.2) is 54.6 Å². The van der Waals surface area contributed by atoms with Crippen LogP contribution < -0.4 is 34.7 Å². The zero-order valence-corrected chi connectivity index (χ0v) is 12.1. The van der Waals surface area contributed by atoms with Crippen LogP contribution in [0.2, 0.25) is 0 Å². The second kappa shape index (κ2) is 12.5. The SMILES string of the molecule is O.O.O.O.[Na+].[O-]c1ccccc1-c1ccccc1. The van der Waals surface area contributed by atoms with Crippen molar-refractivity contribution in [1.29, 1.82) is 0 Å². The van der Waals surface area contributed by atoms with Gasteiger partial charge in [0.25, 0.3) is 0 Å². The monoisotopic (exact) mass is 264 g/mol. The van der Waals surface area contributed by atoms with Gasteiger partial charge in [-0.15, -0.1) is 5.75 Å². The van der Waals surface area contributed by atoms with Crippen LogP contribution >= 0.6 is 0 Å². The van der Waals surface area contributed by atoms with Crippen LogP contribution in [0, 0.1) is 0 Å². The molecule has 0 spiro atoms. The summed E-state index contributed by atoms with van der Waals surface area (Å²) in [6, 6.07) is 16.8. The minimum Gasteiger partial charge on any atom is -0.872 e. The zero-order chi connectivity index (χ0) is 9.10. The fraction of sp³-hybridized carbons (Fsp3) is 0. The van der Waals surface area contributed by atoms with Gasteiger partial charge in [0.15, 0.2) is 0 Å². The van der Waals surface area contributed by atoms with Crippen molar-refractivity contribution in [2.45, 2.75) is 0 Å². The average molecular weight is 264 g/mol. The smallest absolute Gasteiger partial charge is 0.872 e. The van der Waals surface area contributed by atoms with E-state index in [-0.39, 0.29) is 57.2 Å². The Morgan fingerprint density at radius 1 is 0.611 bits per heavy atom. The van der Waals surface area contributed by atoms with Gasteiger partial charge in [0, 0.05) is 0 Å². The van der Waals surface area contributed by atoms with Crippen LogP contribution in [0.25, 0.3) is 11.1 Å². The van der Waals surface area contributed by atoms with Gasteiger partial charge in [0.2, 0.25) is 0 Å². The van der Waals surface area contributed by atoms with E-state index < -0.39 is 0 Å². The van der Waals surface area contributed by atoms with Gasteiger partial charge in [-0.3, -0.25) is 0 Å². The molecule has 5 nitrogen and oxygen atoms in total. The fourth-order valence-corrected chi connectivity index (χ4v) is 1.32. The molecule has 96 valence electrons. The van der Waals surface area contributed by atoms with E-state index in [4.69, 9.17) is 0 Å². The van der Waals surface area contributed by atoms with Crippen LogP contribution in [-0.2, 0) is 0 Å². The molecule has 0 bridgehead atoms. The van der Waals surface area contributed by atoms with E-state index in [0.29, 0.717) is 0 Å². The normalized spacial score (nSPS) is 7.11. The third kappa shape index (κ3) is 6.13. The topological polar surface area (TPSA) is 149 Å². The van der Waals surface area contributed by atoms with Crippen molar-refractivity contribution in [3.63, 3.8) is 0 Å². The Kier molecular flexibility index (Phi) is 18.0. The predicted octanol–water partition coefficient (Wildman–Crippen LogP) is -3.87. The molecule has 0 saturated heterocycles. The van der Waals surface area contributed by atoms with Gasteiger partial charge in [-0.25, -0.2) is 0 Å². The van der Waals surface area contributed by atoms with Gasteiger partial charge in [-0.05, 0) is 11.1 Å². The Morgan fingerprint density at radius 2 is 1.06 bits per heavy atom. The van der Waals surface area contributed by atoms with Crippen molar-refractivity contribution in [2.75, 3.05) is 0 Å². The van der Waals surface area contributed by atoms with Crippen molar-refractivity contribution in [3.8, 4) is 16.9 Å². The molecule has 0 aliphatic rings. The Morgan fingerprint density at radius 3 is 1.56 bits per heavy atom. The van der Waals surface area contributed by atoms with Gasteiger partial charge in [0.1, 0.15) is 0 Å². The van der Waals surface area contributed by atoms with E-state index in [2.05, 4.69) is 0 Å². The van der Waals surface area contributed by atoms with E-state index in [1.165, 1.54) is 0 Å². The molecule has 0 aromatic heterocycles. The molecule has 2 rings (SSSR count). The Hall–Kier alpha value is -0.920. The molecule has 8 N–H and O–H groups in total. The fourth-order valence-electron chi connectivity index (χ4n) is 1.32. The number of hydrogen-bond acceptors (Lipinski definition) is 1. The number of hydrogen-bond donors (Lipinski definition) is 0. The van der Waals surface area contributed by atoms with Crippen molar-refractivity contribution >= 4 is 0 Å². The number of benzene rings is 2. The first-order chi connectivity index (χ1) is 6.38. The second-order valence-electron chi connectivity index (χ2n) is 2.86. The summed E-state index contributed by atoms with van der Waals surface area (Å²) < 4.78 is 0.